The normalized spacial score (nSPS) is 11.9. The van der Waals surface area contributed by atoms with E-state index in [-0.39, 0.29) is 6.07 Å². The fraction of sp³-hybridized carbons (Fsp3) is 0.250. The second kappa shape index (κ2) is 4.15. The molecule has 1 aromatic rings. The summed E-state index contributed by atoms with van der Waals surface area (Å²) in [4.78, 5) is 13.4. The van der Waals surface area contributed by atoms with Crippen molar-refractivity contribution in [1.29, 1.82) is 0 Å². The van der Waals surface area contributed by atoms with Crippen molar-refractivity contribution >= 4 is 11.8 Å². The topological polar surface area (TPSA) is 76.2 Å². The van der Waals surface area contributed by atoms with Gasteiger partial charge in [0, 0.05) is 0 Å². The van der Waals surface area contributed by atoms with Crippen LogP contribution in [-0.2, 0) is 6.18 Å². The summed E-state index contributed by atoms with van der Waals surface area (Å²) in [5.41, 5.74) is 0.664. The lowest BCUT2D eigenvalue weighted by Gasteiger charge is -2.13. The highest BCUT2D eigenvalue weighted by molar-refractivity contribution is 5.91. The van der Waals surface area contributed by atoms with Crippen LogP contribution in [0.3, 0.4) is 0 Å². The minimum atomic E-state index is -5.08. The third-order valence-electron chi connectivity index (χ3n) is 1.80. The van der Waals surface area contributed by atoms with Gasteiger partial charge in [-0.25, -0.2) is 18.6 Å². The number of alkyl halides is 5. The fourth-order valence-corrected chi connectivity index (χ4v) is 1.16. The largest absolute Gasteiger partial charge is 0.478 e. The van der Waals surface area contributed by atoms with Crippen molar-refractivity contribution in [3.8, 4) is 0 Å². The number of carboxylic acids is 1. The standard InChI is InChI=1S/C8H5F5N2O2/c9-5(10)3-1-2(7(16)17)4(6(14)15-3)8(11,12)13/h1,5H,(H2,14,15)(H,16,17). The van der Waals surface area contributed by atoms with Crippen LogP contribution < -0.4 is 5.73 Å². The molecular weight excluding hydrogens is 251 g/mol. The first-order valence-corrected chi connectivity index (χ1v) is 4.03. The van der Waals surface area contributed by atoms with Gasteiger partial charge in [0.25, 0.3) is 6.43 Å². The molecule has 0 atom stereocenters. The van der Waals surface area contributed by atoms with E-state index in [0.29, 0.717) is 0 Å². The van der Waals surface area contributed by atoms with Gasteiger partial charge in [-0.15, -0.1) is 0 Å². The Morgan fingerprint density at radius 2 is 1.94 bits per heavy atom. The van der Waals surface area contributed by atoms with Crippen LogP contribution in [0.4, 0.5) is 27.8 Å². The molecule has 0 unspecified atom stereocenters. The van der Waals surface area contributed by atoms with E-state index in [4.69, 9.17) is 10.8 Å². The van der Waals surface area contributed by atoms with E-state index in [1.54, 1.807) is 0 Å². The molecule has 0 saturated heterocycles. The molecule has 3 N–H and O–H groups in total. The van der Waals surface area contributed by atoms with Gasteiger partial charge in [0.05, 0.1) is 5.56 Å². The van der Waals surface area contributed by atoms with Gasteiger partial charge in [0.2, 0.25) is 0 Å². The number of aromatic nitrogens is 1. The first kappa shape index (κ1) is 13.1. The van der Waals surface area contributed by atoms with Crippen LogP contribution in [0, 0.1) is 0 Å². The van der Waals surface area contributed by atoms with Gasteiger partial charge in [-0.05, 0) is 6.07 Å². The Labute approximate surface area is 90.9 Å². The molecule has 0 aliphatic rings. The molecule has 0 fully saturated rings. The Kier molecular flexibility index (Phi) is 3.21. The molecule has 17 heavy (non-hydrogen) atoms. The van der Waals surface area contributed by atoms with E-state index in [0.717, 1.165) is 0 Å². The average molecular weight is 256 g/mol. The molecule has 9 heteroatoms. The van der Waals surface area contributed by atoms with Gasteiger partial charge in [-0.3, -0.25) is 0 Å². The van der Waals surface area contributed by atoms with Crippen molar-refractivity contribution < 1.29 is 31.9 Å². The third kappa shape index (κ3) is 2.60. The van der Waals surface area contributed by atoms with Crippen LogP contribution in [0.15, 0.2) is 6.07 Å². The SMILES string of the molecule is Nc1nc(C(F)F)cc(C(=O)O)c1C(F)(F)F. The van der Waals surface area contributed by atoms with Crippen molar-refractivity contribution in [2.24, 2.45) is 0 Å². The number of hydrogen-bond acceptors (Lipinski definition) is 3. The van der Waals surface area contributed by atoms with Crippen molar-refractivity contribution in [2.45, 2.75) is 12.6 Å². The van der Waals surface area contributed by atoms with E-state index in [9.17, 15) is 26.7 Å². The van der Waals surface area contributed by atoms with E-state index in [1.165, 1.54) is 0 Å². The minimum Gasteiger partial charge on any atom is -0.478 e. The molecule has 1 rings (SSSR count). The Balaban J connectivity index is 3.56. The van der Waals surface area contributed by atoms with Gasteiger partial charge < -0.3 is 10.8 Å². The Bertz CT molecular complexity index is 458. The second-order valence-electron chi connectivity index (χ2n) is 2.96. The zero-order valence-electron chi connectivity index (χ0n) is 7.92. The van der Waals surface area contributed by atoms with E-state index in [1.807, 2.05) is 0 Å². The summed E-state index contributed by atoms with van der Waals surface area (Å²) in [6.07, 6.45) is -8.29. The first-order chi connectivity index (χ1) is 7.64. The number of carboxylic acid groups (broad SMARTS) is 1. The zero-order valence-corrected chi connectivity index (χ0v) is 7.92. The molecule has 94 valence electrons. The molecule has 0 amide bonds. The zero-order chi connectivity index (χ0) is 13.4. The van der Waals surface area contributed by atoms with Gasteiger partial charge in [0.15, 0.2) is 0 Å². The number of nitrogens with two attached hydrogens (primary N) is 1. The summed E-state index contributed by atoms with van der Waals surface area (Å²) in [5.74, 6) is -3.29. The molecule has 1 heterocycles. The van der Waals surface area contributed by atoms with E-state index < -0.39 is 41.2 Å². The van der Waals surface area contributed by atoms with Gasteiger partial charge in [0.1, 0.15) is 17.1 Å². The van der Waals surface area contributed by atoms with Crippen LogP contribution in [0.5, 0.6) is 0 Å². The van der Waals surface area contributed by atoms with Crippen LogP contribution in [0.25, 0.3) is 0 Å². The molecule has 0 spiro atoms. The Morgan fingerprint density at radius 1 is 1.41 bits per heavy atom. The average Bonchev–Trinajstić information content (AvgIpc) is 2.13. The van der Waals surface area contributed by atoms with Crippen molar-refractivity contribution in [1.82, 2.24) is 4.98 Å². The molecule has 4 nitrogen and oxygen atoms in total. The van der Waals surface area contributed by atoms with Crippen LogP contribution in [0.1, 0.15) is 28.0 Å². The Hall–Kier alpha value is -1.93. The van der Waals surface area contributed by atoms with Gasteiger partial charge in [-0.1, -0.05) is 0 Å². The minimum absolute atomic E-state index is 0.159. The summed E-state index contributed by atoms with van der Waals surface area (Å²) >= 11 is 0. The van der Waals surface area contributed by atoms with Gasteiger partial charge in [-0.2, -0.15) is 13.2 Å². The number of pyridine rings is 1. The van der Waals surface area contributed by atoms with Crippen LogP contribution in [-0.4, -0.2) is 16.1 Å². The van der Waals surface area contributed by atoms with Crippen LogP contribution in [0.2, 0.25) is 0 Å². The van der Waals surface area contributed by atoms with Crippen molar-refractivity contribution in [3.05, 3.63) is 22.9 Å². The lowest BCUT2D eigenvalue weighted by Crippen LogP contribution is -2.18. The molecule has 0 radical (unpaired) electrons. The lowest BCUT2D eigenvalue weighted by molar-refractivity contribution is -0.137. The summed E-state index contributed by atoms with van der Waals surface area (Å²) < 4.78 is 61.7. The highest BCUT2D eigenvalue weighted by Crippen LogP contribution is 2.36. The maximum Gasteiger partial charge on any atom is 0.420 e. The number of carbonyl (C=O) groups is 1. The monoisotopic (exact) mass is 256 g/mol. The van der Waals surface area contributed by atoms with E-state index >= 15 is 0 Å². The fourth-order valence-electron chi connectivity index (χ4n) is 1.16. The number of aromatic carboxylic acids is 1. The Morgan fingerprint density at radius 3 is 2.29 bits per heavy atom. The molecule has 0 saturated carbocycles. The number of halogens is 5. The van der Waals surface area contributed by atoms with Gasteiger partial charge >= 0.3 is 12.1 Å². The van der Waals surface area contributed by atoms with E-state index in [2.05, 4.69) is 4.98 Å². The molecular formula is C8H5F5N2O2. The number of hydrogen-bond donors (Lipinski definition) is 2. The van der Waals surface area contributed by atoms with Crippen molar-refractivity contribution in [3.63, 3.8) is 0 Å². The highest BCUT2D eigenvalue weighted by atomic mass is 19.4. The third-order valence-corrected chi connectivity index (χ3v) is 1.80. The smallest absolute Gasteiger partial charge is 0.420 e. The first-order valence-electron chi connectivity index (χ1n) is 4.03. The number of nitrogens with zero attached hydrogens (tertiary/aromatic N) is 1. The number of anilines is 1. The quantitative estimate of drug-likeness (QED) is 0.796. The highest BCUT2D eigenvalue weighted by Gasteiger charge is 2.39. The number of rotatable bonds is 2. The summed E-state index contributed by atoms with van der Waals surface area (Å²) in [5, 5.41) is 8.53. The van der Waals surface area contributed by atoms with Crippen molar-refractivity contribution in [2.75, 3.05) is 5.73 Å². The molecule has 1 aromatic heterocycles. The number of nitrogen functional groups attached to an aromatic ring is 1. The predicted octanol–water partition coefficient (Wildman–Crippen LogP) is 2.32. The molecule has 0 bridgehead atoms. The lowest BCUT2D eigenvalue weighted by atomic mass is 10.1. The maximum absolute atomic E-state index is 12.4. The summed E-state index contributed by atoms with van der Waals surface area (Å²) in [7, 11) is 0. The predicted molar refractivity (Wildman–Crippen MR) is 45.6 cm³/mol. The molecule has 0 aliphatic carbocycles. The summed E-state index contributed by atoms with van der Waals surface area (Å²) in [6.45, 7) is 0. The second-order valence-corrected chi connectivity index (χ2v) is 2.96. The summed E-state index contributed by atoms with van der Waals surface area (Å²) in [6, 6.07) is 0.159. The molecule has 0 aliphatic heterocycles. The van der Waals surface area contributed by atoms with Crippen LogP contribution >= 0.6 is 0 Å². The molecule has 0 aromatic carbocycles. The maximum atomic E-state index is 12.4.